The monoisotopic (exact) mass is 207 g/mol. The number of para-hydroxylation sites is 1. The van der Waals surface area contributed by atoms with Gasteiger partial charge >= 0.3 is 0 Å². The molecule has 1 atom stereocenters. The van der Waals surface area contributed by atoms with Crippen LogP contribution in [0.2, 0.25) is 0 Å². The highest BCUT2D eigenvalue weighted by atomic mass is 16.6. The standard InChI is InChI=1S/C11H13NO3/c13-11(10-8-14-6-7-15-10)12-9-4-2-1-3-5-9/h1-5,10H,6-8H2,(H,12,13)/t10-/m0/s1. The first-order chi connectivity index (χ1) is 7.36. The van der Waals surface area contributed by atoms with E-state index in [9.17, 15) is 4.79 Å². The maximum atomic E-state index is 11.7. The van der Waals surface area contributed by atoms with Gasteiger partial charge in [0.1, 0.15) is 0 Å². The van der Waals surface area contributed by atoms with Crippen LogP contribution in [0.15, 0.2) is 30.3 Å². The molecule has 1 heterocycles. The van der Waals surface area contributed by atoms with Crippen molar-refractivity contribution in [3.63, 3.8) is 0 Å². The summed E-state index contributed by atoms with van der Waals surface area (Å²) in [5, 5.41) is 2.77. The lowest BCUT2D eigenvalue weighted by Crippen LogP contribution is -2.39. The van der Waals surface area contributed by atoms with Crippen molar-refractivity contribution >= 4 is 11.6 Å². The van der Waals surface area contributed by atoms with Crippen LogP contribution in [0.4, 0.5) is 5.69 Å². The van der Waals surface area contributed by atoms with E-state index in [-0.39, 0.29) is 5.91 Å². The van der Waals surface area contributed by atoms with Crippen LogP contribution in [0.25, 0.3) is 0 Å². The van der Waals surface area contributed by atoms with E-state index in [0.717, 1.165) is 5.69 Å². The van der Waals surface area contributed by atoms with E-state index >= 15 is 0 Å². The largest absolute Gasteiger partial charge is 0.376 e. The molecular formula is C11H13NO3. The van der Waals surface area contributed by atoms with Crippen LogP contribution < -0.4 is 5.32 Å². The third kappa shape index (κ3) is 2.78. The smallest absolute Gasteiger partial charge is 0.255 e. The second kappa shape index (κ2) is 4.91. The minimum atomic E-state index is -0.487. The summed E-state index contributed by atoms with van der Waals surface area (Å²) < 4.78 is 10.4. The van der Waals surface area contributed by atoms with Gasteiger partial charge in [0.05, 0.1) is 19.8 Å². The average molecular weight is 207 g/mol. The molecule has 0 aromatic heterocycles. The van der Waals surface area contributed by atoms with E-state index < -0.39 is 6.10 Å². The Morgan fingerprint density at radius 3 is 2.73 bits per heavy atom. The molecule has 2 rings (SSSR count). The van der Waals surface area contributed by atoms with E-state index in [1.54, 1.807) is 0 Å². The maximum Gasteiger partial charge on any atom is 0.255 e. The molecule has 80 valence electrons. The summed E-state index contributed by atoms with van der Waals surface area (Å²) in [5.41, 5.74) is 0.775. The number of anilines is 1. The normalized spacial score (nSPS) is 20.9. The van der Waals surface area contributed by atoms with Gasteiger partial charge in [-0.3, -0.25) is 4.79 Å². The molecular weight excluding hydrogens is 194 g/mol. The fourth-order valence-corrected chi connectivity index (χ4v) is 1.38. The zero-order valence-corrected chi connectivity index (χ0v) is 8.31. The summed E-state index contributed by atoms with van der Waals surface area (Å²) in [7, 11) is 0. The van der Waals surface area contributed by atoms with Crippen LogP contribution in [-0.4, -0.2) is 31.8 Å². The molecule has 0 unspecified atom stereocenters. The van der Waals surface area contributed by atoms with Gasteiger partial charge in [-0.05, 0) is 12.1 Å². The molecule has 0 saturated carbocycles. The highest BCUT2D eigenvalue weighted by Gasteiger charge is 2.22. The molecule has 1 N–H and O–H groups in total. The second-order valence-corrected chi connectivity index (χ2v) is 3.29. The topological polar surface area (TPSA) is 47.6 Å². The quantitative estimate of drug-likeness (QED) is 0.788. The number of nitrogens with one attached hydrogen (secondary N) is 1. The molecule has 15 heavy (non-hydrogen) atoms. The Morgan fingerprint density at radius 2 is 2.07 bits per heavy atom. The van der Waals surface area contributed by atoms with Crippen LogP contribution in [0, 0.1) is 0 Å². The maximum absolute atomic E-state index is 11.7. The number of hydrogen-bond acceptors (Lipinski definition) is 3. The number of rotatable bonds is 2. The summed E-state index contributed by atoms with van der Waals surface area (Å²) in [6.45, 7) is 1.38. The van der Waals surface area contributed by atoms with E-state index in [4.69, 9.17) is 9.47 Å². The Bertz CT molecular complexity index is 320. The molecule has 4 nitrogen and oxygen atoms in total. The van der Waals surface area contributed by atoms with Crippen LogP contribution >= 0.6 is 0 Å². The predicted molar refractivity (Wildman–Crippen MR) is 55.6 cm³/mol. The Morgan fingerprint density at radius 1 is 1.27 bits per heavy atom. The first-order valence-corrected chi connectivity index (χ1v) is 4.91. The first-order valence-electron chi connectivity index (χ1n) is 4.91. The number of ether oxygens (including phenoxy) is 2. The summed E-state index contributed by atoms with van der Waals surface area (Å²) in [6, 6.07) is 9.31. The molecule has 4 heteroatoms. The molecule has 1 aromatic carbocycles. The summed E-state index contributed by atoms with van der Waals surface area (Å²) in [6.07, 6.45) is -0.487. The van der Waals surface area contributed by atoms with Crippen LogP contribution in [0.1, 0.15) is 0 Å². The molecule has 1 aliphatic heterocycles. The summed E-state index contributed by atoms with van der Waals surface area (Å²) in [5.74, 6) is -0.152. The van der Waals surface area contributed by atoms with Gasteiger partial charge in [0.15, 0.2) is 6.10 Å². The van der Waals surface area contributed by atoms with Gasteiger partial charge in [-0.2, -0.15) is 0 Å². The molecule has 0 bridgehead atoms. The molecule has 1 fully saturated rings. The molecule has 1 amide bonds. The lowest BCUT2D eigenvalue weighted by Gasteiger charge is -2.21. The van der Waals surface area contributed by atoms with Crippen LogP contribution in [0.3, 0.4) is 0 Å². The fourth-order valence-electron chi connectivity index (χ4n) is 1.38. The lowest BCUT2D eigenvalue weighted by molar-refractivity contribution is -0.142. The van der Waals surface area contributed by atoms with E-state index in [1.807, 2.05) is 30.3 Å². The van der Waals surface area contributed by atoms with Gasteiger partial charge in [0.25, 0.3) is 5.91 Å². The Kier molecular flexibility index (Phi) is 3.32. The highest BCUT2D eigenvalue weighted by Crippen LogP contribution is 2.08. The molecule has 1 saturated heterocycles. The molecule has 0 spiro atoms. The zero-order chi connectivity index (χ0) is 10.5. The number of carbonyl (C=O) groups is 1. The van der Waals surface area contributed by atoms with E-state index in [0.29, 0.717) is 19.8 Å². The minimum Gasteiger partial charge on any atom is -0.376 e. The highest BCUT2D eigenvalue weighted by molar-refractivity contribution is 5.94. The third-order valence-corrected chi connectivity index (χ3v) is 2.15. The predicted octanol–water partition coefficient (Wildman–Crippen LogP) is 1.04. The second-order valence-electron chi connectivity index (χ2n) is 3.29. The van der Waals surface area contributed by atoms with Crippen molar-refractivity contribution in [2.75, 3.05) is 25.1 Å². The van der Waals surface area contributed by atoms with Gasteiger partial charge in [0.2, 0.25) is 0 Å². The van der Waals surface area contributed by atoms with E-state index in [2.05, 4.69) is 5.32 Å². The van der Waals surface area contributed by atoms with Gasteiger partial charge < -0.3 is 14.8 Å². The lowest BCUT2D eigenvalue weighted by atomic mass is 10.3. The van der Waals surface area contributed by atoms with Crippen molar-refractivity contribution in [2.24, 2.45) is 0 Å². The Labute approximate surface area is 88.2 Å². The first kappa shape index (κ1) is 10.1. The van der Waals surface area contributed by atoms with Crippen molar-refractivity contribution in [1.29, 1.82) is 0 Å². The summed E-state index contributed by atoms with van der Waals surface area (Å²) >= 11 is 0. The molecule has 0 radical (unpaired) electrons. The van der Waals surface area contributed by atoms with Gasteiger partial charge in [-0.15, -0.1) is 0 Å². The number of benzene rings is 1. The molecule has 1 aromatic rings. The van der Waals surface area contributed by atoms with Crippen molar-refractivity contribution in [2.45, 2.75) is 6.10 Å². The van der Waals surface area contributed by atoms with Gasteiger partial charge in [0, 0.05) is 5.69 Å². The van der Waals surface area contributed by atoms with Crippen molar-refractivity contribution in [3.05, 3.63) is 30.3 Å². The fraction of sp³-hybridized carbons (Fsp3) is 0.364. The Hall–Kier alpha value is -1.39. The molecule has 0 aliphatic carbocycles. The van der Waals surface area contributed by atoms with Crippen molar-refractivity contribution in [1.82, 2.24) is 0 Å². The summed E-state index contributed by atoms with van der Waals surface area (Å²) in [4.78, 5) is 11.7. The van der Waals surface area contributed by atoms with Crippen molar-refractivity contribution < 1.29 is 14.3 Å². The van der Waals surface area contributed by atoms with Gasteiger partial charge in [-0.25, -0.2) is 0 Å². The van der Waals surface area contributed by atoms with Crippen molar-refractivity contribution in [3.8, 4) is 0 Å². The Balaban J connectivity index is 1.91. The van der Waals surface area contributed by atoms with Gasteiger partial charge in [-0.1, -0.05) is 18.2 Å². The SMILES string of the molecule is O=C(Nc1ccccc1)[C@@H]1COCCO1. The third-order valence-electron chi connectivity index (χ3n) is 2.15. The van der Waals surface area contributed by atoms with Crippen LogP contribution in [-0.2, 0) is 14.3 Å². The number of carbonyl (C=O) groups excluding carboxylic acids is 1. The molecule has 1 aliphatic rings. The number of amides is 1. The van der Waals surface area contributed by atoms with E-state index in [1.165, 1.54) is 0 Å². The number of hydrogen-bond donors (Lipinski definition) is 1. The van der Waals surface area contributed by atoms with Crippen LogP contribution in [0.5, 0.6) is 0 Å². The minimum absolute atomic E-state index is 0.152. The average Bonchev–Trinajstić information content (AvgIpc) is 2.31. The zero-order valence-electron chi connectivity index (χ0n) is 8.31.